The molecule has 20 heavy (non-hydrogen) atoms. The molecule has 0 unspecified atom stereocenters. The summed E-state index contributed by atoms with van der Waals surface area (Å²) in [5, 5.41) is 11.5. The zero-order valence-corrected chi connectivity index (χ0v) is 12.6. The number of amides is 1. The van der Waals surface area contributed by atoms with Crippen LogP contribution in [0.3, 0.4) is 0 Å². The van der Waals surface area contributed by atoms with Crippen LogP contribution < -0.4 is 5.32 Å². The molecule has 1 rings (SSSR count). The fraction of sp³-hybridized carbons (Fsp3) is 0.857. The van der Waals surface area contributed by atoms with Gasteiger partial charge in [0.25, 0.3) is 0 Å². The standard InChI is InChI=1S/C14H26N2O4/c1-14(2,3)20-13(19)15-7-4-11-5-8-16(9-6-11)10-12(17)18/h11H,4-10H2,1-3H3,(H,15,19)(H,17,18). The van der Waals surface area contributed by atoms with Crippen molar-refractivity contribution >= 4 is 12.1 Å². The Kier molecular flexibility index (Phi) is 6.26. The molecule has 116 valence electrons. The first-order valence-electron chi connectivity index (χ1n) is 7.17. The summed E-state index contributed by atoms with van der Waals surface area (Å²) >= 11 is 0. The van der Waals surface area contributed by atoms with Crippen molar-refractivity contribution in [1.82, 2.24) is 10.2 Å². The number of carboxylic acid groups (broad SMARTS) is 1. The van der Waals surface area contributed by atoms with Gasteiger partial charge in [0.05, 0.1) is 6.54 Å². The second-order valence-electron chi connectivity index (χ2n) is 6.33. The van der Waals surface area contributed by atoms with E-state index in [0.717, 1.165) is 32.4 Å². The summed E-state index contributed by atoms with van der Waals surface area (Å²) in [7, 11) is 0. The highest BCUT2D eigenvalue weighted by Gasteiger charge is 2.21. The molecule has 1 aliphatic heterocycles. The van der Waals surface area contributed by atoms with Crippen LogP contribution in [-0.4, -0.2) is 53.8 Å². The Morgan fingerprint density at radius 1 is 1.30 bits per heavy atom. The second-order valence-corrected chi connectivity index (χ2v) is 6.33. The molecule has 1 saturated heterocycles. The molecule has 6 nitrogen and oxygen atoms in total. The molecule has 1 fully saturated rings. The first kappa shape index (κ1) is 16.8. The quantitative estimate of drug-likeness (QED) is 0.804. The van der Waals surface area contributed by atoms with Crippen LogP contribution in [0.2, 0.25) is 0 Å². The van der Waals surface area contributed by atoms with Gasteiger partial charge in [-0.25, -0.2) is 4.79 Å². The lowest BCUT2D eigenvalue weighted by Gasteiger charge is -2.30. The van der Waals surface area contributed by atoms with Gasteiger partial charge in [0.1, 0.15) is 5.60 Å². The molecule has 0 spiro atoms. The predicted octanol–water partition coefficient (Wildman–Crippen LogP) is 1.70. The van der Waals surface area contributed by atoms with E-state index >= 15 is 0 Å². The number of hydrogen-bond acceptors (Lipinski definition) is 4. The Labute approximate surface area is 120 Å². The first-order chi connectivity index (χ1) is 9.26. The van der Waals surface area contributed by atoms with Gasteiger partial charge in [0.2, 0.25) is 0 Å². The second kappa shape index (κ2) is 7.47. The van der Waals surface area contributed by atoms with Gasteiger partial charge < -0.3 is 15.2 Å². The molecule has 0 radical (unpaired) electrons. The third kappa shape index (κ3) is 7.33. The average Bonchev–Trinajstić information content (AvgIpc) is 2.28. The van der Waals surface area contributed by atoms with Crippen LogP contribution in [0.15, 0.2) is 0 Å². The van der Waals surface area contributed by atoms with Gasteiger partial charge in [0.15, 0.2) is 0 Å². The predicted molar refractivity (Wildman–Crippen MR) is 75.7 cm³/mol. The minimum atomic E-state index is -0.768. The Bertz CT molecular complexity index is 331. The lowest BCUT2D eigenvalue weighted by atomic mass is 9.93. The van der Waals surface area contributed by atoms with E-state index in [0.29, 0.717) is 12.5 Å². The number of carbonyl (C=O) groups is 2. The van der Waals surface area contributed by atoms with Crippen LogP contribution in [0.25, 0.3) is 0 Å². The molecule has 0 bridgehead atoms. The molecular formula is C14H26N2O4. The van der Waals surface area contributed by atoms with Crippen molar-refractivity contribution < 1.29 is 19.4 Å². The Hall–Kier alpha value is -1.30. The first-order valence-corrected chi connectivity index (χ1v) is 7.17. The van der Waals surface area contributed by atoms with E-state index in [1.54, 1.807) is 0 Å². The number of piperidine rings is 1. The van der Waals surface area contributed by atoms with Crippen LogP contribution >= 0.6 is 0 Å². The molecule has 0 aliphatic carbocycles. The number of nitrogens with one attached hydrogen (secondary N) is 1. The van der Waals surface area contributed by atoms with Crippen LogP contribution in [0.4, 0.5) is 4.79 Å². The third-order valence-corrected chi connectivity index (χ3v) is 3.29. The average molecular weight is 286 g/mol. The molecule has 0 aromatic carbocycles. The van der Waals surface area contributed by atoms with E-state index < -0.39 is 11.6 Å². The summed E-state index contributed by atoms with van der Waals surface area (Å²) in [5.41, 5.74) is -0.466. The molecular weight excluding hydrogens is 260 g/mol. The largest absolute Gasteiger partial charge is 0.480 e. The van der Waals surface area contributed by atoms with Crippen LogP contribution in [0, 0.1) is 5.92 Å². The van der Waals surface area contributed by atoms with Crippen molar-refractivity contribution in [3.8, 4) is 0 Å². The van der Waals surface area contributed by atoms with Gasteiger partial charge in [-0.2, -0.15) is 0 Å². The van der Waals surface area contributed by atoms with E-state index in [1.807, 2.05) is 25.7 Å². The molecule has 0 atom stereocenters. The van der Waals surface area contributed by atoms with E-state index in [2.05, 4.69) is 5.32 Å². The number of rotatable bonds is 5. The molecule has 0 aromatic heterocycles. The van der Waals surface area contributed by atoms with Gasteiger partial charge in [0, 0.05) is 6.54 Å². The maximum atomic E-state index is 11.5. The summed E-state index contributed by atoms with van der Waals surface area (Å²) < 4.78 is 5.16. The molecule has 1 aliphatic rings. The van der Waals surface area contributed by atoms with Crippen molar-refractivity contribution in [3.63, 3.8) is 0 Å². The number of carbonyl (C=O) groups excluding carboxylic acids is 1. The molecule has 6 heteroatoms. The highest BCUT2D eigenvalue weighted by molar-refractivity contribution is 5.69. The minimum Gasteiger partial charge on any atom is -0.480 e. The molecule has 1 amide bonds. The lowest BCUT2D eigenvalue weighted by Crippen LogP contribution is -2.38. The number of hydrogen-bond donors (Lipinski definition) is 2. The van der Waals surface area contributed by atoms with Crippen molar-refractivity contribution in [3.05, 3.63) is 0 Å². The number of ether oxygens (including phenoxy) is 1. The summed E-state index contributed by atoms with van der Waals surface area (Å²) in [6, 6.07) is 0. The fourth-order valence-electron chi connectivity index (χ4n) is 2.32. The number of nitrogens with zero attached hydrogens (tertiary/aromatic N) is 1. The monoisotopic (exact) mass is 286 g/mol. The molecule has 2 N–H and O–H groups in total. The Morgan fingerprint density at radius 2 is 1.90 bits per heavy atom. The van der Waals surface area contributed by atoms with Crippen LogP contribution in [0.1, 0.15) is 40.0 Å². The molecule has 1 heterocycles. The Balaban J connectivity index is 2.12. The summed E-state index contributed by atoms with van der Waals surface area (Å²) in [4.78, 5) is 24.0. The number of alkyl carbamates (subject to hydrolysis) is 1. The van der Waals surface area contributed by atoms with Gasteiger partial charge >= 0.3 is 12.1 Å². The number of carboxylic acids is 1. The maximum Gasteiger partial charge on any atom is 0.407 e. The maximum absolute atomic E-state index is 11.5. The molecule has 0 aromatic rings. The lowest BCUT2D eigenvalue weighted by molar-refractivity contribution is -0.138. The summed E-state index contributed by atoms with van der Waals surface area (Å²) in [6.07, 6.45) is 2.52. The topological polar surface area (TPSA) is 78.9 Å². The van der Waals surface area contributed by atoms with Gasteiger partial charge in [-0.3, -0.25) is 9.69 Å². The van der Waals surface area contributed by atoms with Gasteiger partial charge in [-0.15, -0.1) is 0 Å². The van der Waals surface area contributed by atoms with E-state index in [4.69, 9.17) is 9.84 Å². The van der Waals surface area contributed by atoms with Gasteiger partial charge in [-0.1, -0.05) is 0 Å². The van der Waals surface area contributed by atoms with Crippen LogP contribution in [-0.2, 0) is 9.53 Å². The SMILES string of the molecule is CC(C)(C)OC(=O)NCCC1CCN(CC(=O)O)CC1. The normalized spacial score (nSPS) is 17.8. The van der Waals surface area contributed by atoms with E-state index in [1.165, 1.54) is 0 Å². The van der Waals surface area contributed by atoms with Crippen LogP contribution in [0.5, 0.6) is 0 Å². The highest BCUT2D eigenvalue weighted by atomic mass is 16.6. The zero-order valence-electron chi connectivity index (χ0n) is 12.6. The molecule has 0 saturated carbocycles. The Morgan fingerprint density at radius 3 is 2.40 bits per heavy atom. The fourth-order valence-corrected chi connectivity index (χ4v) is 2.32. The van der Waals surface area contributed by atoms with Crippen molar-refractivity contribution in [1.29, 1.82) is 0 Å². The highest BCUT2D eigenvalue weighted by Crippen LogP contribution is 2.19. The van der Waals surface area contributed by atoms with Gasteiger partial charge in [-0.05, 0) is 59.0 Å². The van der Waals surface area contributed by atoms with Crippen molar-refractivity contribution in [2.75, 3.05) is 26.2 Å². The summed E-state index contributed by atoms with van der Waals surface area (Å²) in [6.45, 7) is 7.90. The minimum absolute atomic E-state index is 0.128. The number of likely N-dealkylation sites (tertiary alicyclic amines) is 1. The van der Waals surface area contributed by atoms with E-state index in [-0.39, 0.29) is 12.6 Å². The van der Waals surface area contributed by atoms with E-state index in [9.17, 15) is 9.59 Å². The summed E-state index contributed by atoms with van der Waals surface area (Å²) in [5.74, 6) is -0.218. The van der Waals surface area contributed by atoms with Crippen molar-refractivity contribution in [2.45, 2.75) is 45.6 Å². The smallest absolute Gasteiger partial charge is 0.407 e. The zero-order chi connectivity index (χ0) is 15.2. The van der Waals surface area contributed by atoms with Crippen molar-refractivity contribution in [2.24, 2.45) is 5.92 Å². The number of aliphatic carboxylic acids is 1. The third-order valence-electron chi connectivity index (χ3n) is 3.29.